The molecule has 0 spiro atoms. The van der Waals surface area contributed by atoms with Gasteiger partial charge in [-0.3, -0.25) is 0 Å². The van der Waals surface area contributed by atoms with Crippen molar-refractivity contribution < 1.29 is 17.2 Å². The maximum atomic E-state index is 12.5. The van der Waals surface area contributed by atoms with Crippen LogP contribution in [0.1, 0.15) is 13.8 Å². The van der Waals surface area contributed by atoms with Crippen molar-refractivity contribution in [3.05, 3.63) is 0 Å². The molecule has 0 bridgehead atoms. The van der Waals surface area contributed by atoms with Gasteiger partial charge in [-0.15, -0.1) is 0 Å². The first-order chi connectivity index (χ1) is 5.71. The van der Waals surface area contributed by atoms with Crippen LogP contribution < -0.4 is 10.5 Å². The molecule has 0 fully saturated rings. The zero-order valence-electron chi connectivity index (χ0n) is 7.55. The number of nitrogens with one attached hydrogen (secondary N) is 1. The van der Waals surface area contributed by atoms with Gasteiger partial charge in [-0.2, -0.15) is 0 Å². The maximum Gasteiger partial charge on any atom is 0.273 e. The largest absolute Gasteiger partial charge is 0.325 e. The predicted octanol–water partition coefficient (Wildman–Crippen LogP) is -0.0918. The molecule has 0 rings (SSSR count). The highest BCUT2D eigenvalue weighted by Gasteiger charge is 2.29. The van der Waals surface area contributed by atoms with E-state index in [1.165, 1.54) is 13.8 Å². The normalized spacial score (nSPS) is 13.7. The molecule has 3 N–H and O–H groups in total. The van der Waals surface area contributed by atoms with Crippen molar-refractivity contribution in [2.75, 3.05) is 13.1 Å². The quantitative estimate of drug-likeness (QED) is 0.674. The highest BCUT2D eigenvalue weighted by atomic mass is 32.2. The monoisotopic (exact) mass is 216 g/mol. The van der Waals surface area contributed by atoms with Crippen molar-refractivity contribution in [2.24, 2.45) is 5.73 Å². The molecular weight excluding hydrogens is 202 g/mol. The Morgan fingerprint density at radius 2 is 1.92 bits per heavy atom. The number of hydrogen-bond donors (Lipinski definition) is 2. The third-order valence-corrected chi connectivity index (χ3v) is 3.24. The molecule has 0 aliphatic rings. The molecule has 0 amide bonds. The van der Waals surface area contributed by atoms with Crippen molar-refractivity contribution in [1.29, 1.82) is 0 Å². The van der Waals surface area contributed by atoms with Gasteiger partial charge in [0.1, 0.15) is 0 Å². The lowest BCUT2D eigenvalue weighted by Crippen LogP contribution is -2.43. The molecule has 4 nitrogen and oxygen atoms in total. The van der Waals surface area contributed by atoms with Gasteiger partial charge in [0.05, 0.1) is 18.3 Å². The standard InChI is InChI=1S/C6H14F2N2O2S/c1-5(2)13(11,12)10-4-6(7,8)3-9/h5,10H,3-4,9H2,1-2H3. The van der Waals surface area contributed by atoms with Crippen LogP contribution >= 0.6 is 0 Å². The Labute approximate surface area is 76.5 Å². The zero-order chi connectivity index (χ0) is 10.7. The Morgan fingerprint density at radius 3 is 2.23 bits per heavy atom. The lowest BCUT2D eigenvalue weighted by Gasteiger charge is -2.15. The van der Waals surface area contributed by atoms with E-state index in [0.717, 1.165) is 0 Å². The highest BCUT2D eigenvalue weighted by Crippen LogP contribution is 2.10. The minimum absolute atomic E-state index is 0.721. The molecule has 7 heteroatoms. The van der Waals surface area contributed by atoms with Gasteiger partial charge in [0.25, 0.3) is 5.92 Å². The number of alkyl halides is 2. The molecule has 80 valence electrons. The van der Waals surface area contributed by atoms with Crippen LogP contribution in [0.3, 0.4) is 0 Å². The topological polar surface area (TPSA) is 72.2 Å². The van der Waals surface area contributed by atoms with E-state index in [2.05, 4.69) is 0 Å². The molecule has 0 aromatic heterocycles. The van der Waals surface area contributed by atoms with Crippen LogP contribution in [-0.4, -0.2) is 32.7 Å². The van der Waals surface area contributed by atoms with Gasteiger partial charge < -0.3 is 5.73 Å². The van der Waals surface area contributed by atoms with Gasteiger partial charge in [-0.25, -0.2) is 21.9 Å². The summed E-state index contributed by atoms with van der Waals surface area (Å²) in [5.74, 6) is -3.18. The van der Waals surface area contributed by atoms with Crippen LogP contribution in [0, 0.1) is 0 Å². The average molecular weight is 216 g/mol. The molecule has 0 saturated carbocycles. The van der Waals surface area contributed by atoms with E-state index in [-0.39, 0.29) is 0 Å². The molecule has 0 radical (unpaired) electrons. The fraction of sp³-hybridized carbons (Fsp3) is 1.00. The Balaban J connectivity index is 4.19. The van der Waals surface area contributed by atoms with Crippen molar-refractivity contribution in [3.8, 4) is 0 Å². The first kappa shape index (κ1) is 12.7. The van der Waals surface area contributed by atoms with Crippen molar-refractivity contribution >= 4 is 10.0 Å². The smallest absolute Gasteiger partial charge is 0.273 e. The Morgan fingerprint density at radius 1 is 1.46 bits per heavy atom. The summed E-state index contributed by atoms with van der Waals surface area (Å²) in [7, 11) is -3.63. The second-order valence-electron chi connectivity index (χ2n) is 2.97. The molecule has 0 saturated heterocycles. The summed E-state index contributed by atoms with van der Waals surface area (Å²) in [6, 6.07) is 0. The summed E-state index contributed by atoms with van der Waals surface area (Å²) < 4.78 is 48.8. The summed E-state index contributed by atoms with van der Waals surface area (Å²) in [4.78, 5) is 0. The summed E-state index contributed by atoms with van der Waals surface area (Å²) in [5.41, 5.74) is 4.73. The molecule has 0 aromatic rings. The van der Waals surface area contributed by atoms with Gasteiger partial charge >= 0.3 is 0 Å². The summed E-state index contributed by atoms with van der Waals surface area (Å²) in [5, 5.41) is -0.721. The number of sulfonamides is 1. The fourth-order valence-corrected chi connectivity index (χ4v) is 1.19. The van der Waals surface area contributed by atoms with E-state index < -0.39 is 34.3 Å². The minimum Gasteiger partial charge on any atom is -0.325 e. The van der Waals surface area contributed by atoms with Crippen molar-refractivity contribution in [2.45, 2.75) is 25.0 Å². The average Bonchev–Trinajstić information content (AvgIpc) is 2.01. The van der Waals surface area contributed by atoms with Crippen molar-refractivity contribution in [3.63, 3.8) is 0 Å². The van der Waals surface area contributed by atoms with E-state index in [1.54, 1.807) is 4.72 Å². The second kappa shape index (κ2) is 4.30. The number of halogens is 2. The van der Waals surface area contributed by atoms with Gasteiger partial charge in [-0.1, -0.05) is 0 Å². The first-order valence-corrected chi connectivity index (χ1v) is 5.32. The van der Waals surface area contributed by atoms with Gasteiger partial charge in [-0.05, 0) is 13.8 Å². The van der Waals surface area contributed by atoms with Crippen LogP contribution in [0.5, 0.6) is 0 Å². The van der Waals surface area contributed by atoms with Crippen LogP contribution in [-0.2, 0) is 10.0 Å². The Kier molecular flexibility index (Phi) is 4.21. The number of nitrogens with two attached hydrogens (primary N) is 1. The number of hydrogen-bond acceptors (Lipinski definition) is 3. The van der Waals surface area contributed by atoms with Crippen LogP contribution in [0.2, 0.25) is 0 Å². The molecule has 0 aliphatic heterocycles. The maximum absolute atomic E-state index is 12.5. The summed E-state index contributed by atoms with van der Waals surface area (Å²) >= 11 is 0. The molecular formula is C6H14F2N2O2S. The molecule has 0 atom stereocenters. The summed E-state index contributed by atoms with van der Waals surface area (Å²) in [6.07, 6.45) is 0. The second-order valence-corrected chi connectivity index (χ2v) is 5.30. The third-order valence-electron chi connectivity index (χ3n) is 1.45. The van der Waals surface area contributed by atoms with E-state index in [0.29, 0.717) is 0 Å². The summed E-state index contributed by atoms with van der Waals surface area (Å²) in [6.45, 7) is 1.00. The third kappa shape index (κ3) is 4.49. The van der Waals surface area contributed by atoms with Crippen molar-refractivity contribution in [1.82, 2.24) is 4.72 Å². The van der Waals surface area contributed by atoms with Crippen LogP contribution in [0.4, 0.5) is 8.78 Å². The van der Waals surface area contributed by atoms with Gasteiger partial charge in [0.15, 0.2) is 0 Å². The molecule has 13 heavy (non-hydrogen) atoms. The van der Waals surface area contributed by atoms with E-state index in [1.807, 2.05) is 0 Å². The minimum atomic E-state index is -3.63. The van der Waals surface area contributed by atoms with Crippen LogP contribution in [0.25, 0.3) is 0 Å². The van der Waals surface area contributed by atoms with E-state index >= 15 is 0 Å². The molecule has 0 aromatic carbocycles. The number of rotatable bonds is 5. The van der Waals surface area contributed by atoms with Gasteiger partial charge in [0, 0.05) is 0 Å². The molecule has 0 unspecified atom stereocenters. The van der Waals surface area contributed by atoms with E-state index in [9.17, 15) is 17.2 Å². The zero-order valence-corrected chi connectivity index (χ0v) is 8.37. The molecule has 0 heterocycles. The fourth-order valence-electron chi connectivity index (χ4n) is 0.445. The SMILES string of the molecule is CC(C)S(=O)(=O)NCC(F)(F)CN. The lowest BCUT2D eigenvalue weighted by atomic mass is 10.3. The van der Waals surface area contributed by atoms with Gasteiger partial charge in [0.2, 0.25) is 10.0 Å². The first-order valence-electron chi connectivity index (χ1n) is 3.77. The van der Waals surface area contributed by atoms with E-state index in [4.69, 9.17) is 5.73 Å². The Bertz CT molecular complexity index is 251. The highest BCUT2D eigenvalue weighted by molar-refractivity contribution is 7.90. The van der Waals surface area contributed by atoms with Crippen LogP contribution in [0.15, 0.2) is 0 Å². The lowest BCUT2D eigenvalue weighted by molar-refractivity contribution is 0.0170. The Hall–Kier alpha value is -0.270. The predicted molar refractivity (Wildman–Crippen MR) is 46.1 cm³/mol. The molecule has 0 aliphatic carbocycles.